The molecule has 1 heterocycles. The molecule has 1 rings (SSSR count). The Kier molecular flexibility index (Phi) is 7.04. The van der Waals surface area contributed by atoms with Gasteiger partial charge in [0, 0.05) is 25.9 Å². The Labute approximate surface area is 119 Å². The Bertz CT molecular complexity index is 357. The standard InChI is InChI=1S/C14H24N2O4/c1-2-6-12(17)16-10-4-3-7-11(16)14(20)15-9-5-8-13(18)19/h11H,2-10H2,1H3,(H,15,20)(H,18,19). The normalized spacial score (nSPS) is 18.6. The fraction of sp³-hybridized carbons (Fsp3) is 0.786. The van der Waals surface area contributed by atoms with Gasteiger partial charge in [-0.05, 0) is 32.1 Å². The van der Waals surface area contributed by atoms with Crippen molar-refractivity contribution in [1.29, 1.82) is 0 Å². The summed E-state index contributed by atoms with van der Waals surface area (Å²) in [7, 11) is 0. The number of aliphatic carboxylic acids is 1. The van der Waals surface area contributed by atoms with Gasteiger partial charge in [0.15, 0.2) is 0 Å². The maximum Gasteiger partial charge on any atom is 0.303 e. The molecule has 2 amide bonds. The van der Waals surface area contributed by atoms with Crippen LogP contribution in [0.3, 0.4) is 0 Å². The molecule has 6 heteroatoms. The lowest BCUT2D eigenvalue weighted by molar-refractivity contribution is -0.142. The molecule has 1 aliphatic heterocycles. The predicted molar refractivity (Wildman–Crippen MR) is 74.1 cm³/mol. The van der Waals surface area contributed by atoms with E-state index in [9.17, 15) is 14.4 Å². The summed E-state index contributed by atoms with van der Waals surface area (Å²) in [4.78, 5) is 36.2. The molecule has 1 aliphatic rings. The number of carbonyl (C=O) groups is 3. The van der Waals surface area contributed by atoms with E-state index in [4.69, 9.17) is 5.11 Å². The van der Waals surface area contributed by atoms with Crippen LogP contribution in [-0.2, 0) is 14.4 Å². The van der Waals surface area contributed by atoms with Crippen molar-refractivity contribution in [3.8, 4) is 0 Å². The zero-order chi connectivity index (χ0) is 15.0. The summed E-state index contributed by atoms with van der Waals surface area (Å²) in [5.41, 5.74) is 0. The lowest BCUT2D eigenvalue weighted by Crippen LogP contribution is -2.52. The van der Waals surface area contributed by atoms with Crippen LogP contribution in [0.15, 0.2) is 0 Å². The second-order valence-electron chi connectivity index (χ2n) is 5.14. The Morgan fingerprint density at radius 2 is 2.00 bits per heavy atom. The van der Waals surface area contributed by atoms with Gasteiger partial charge in [-0.3, -0.25) is 14.4 Å². The van der Waals surface area contributed by atoms with Crippen LogP contribution in [0.2, 0.25) is 0 Å². The molecular formula is C14H24N2O4. The van der Waals surface area contributed by atoms with E-state index in [1.165, 1.54) is 0 Å². The lowest BCUT2D eigenvalue weighted by Gasteiger charge is -2.34. The smallest absolute Gasteiger partial charge is 0.303 e. The third-order valence-corrected chi connectivity index (χ3v) is 3.46. The number of piperidine rings is 1. The van der Waals surface area contributed by atoms with Crippen LogP contribution >= 0.6 is 0 Å². The average molecular weight is 284 g/mol. The van der Waals surface area contributed by atoms with Gasteiger partial charge < -0.3 is 15.3 Å². The third kappa shape index (κ3) is 5.19. The van der Waals surface area contributed by atoms with E-state index in [0.717, 1.165) is 19.3 Å². The molecule has 1 saturated heterocycles. The van der Waals surface area contributed by atoms with Gasteiger partial charge in [0.25, 0.3) is 0 Å². The summed E-state index contributed by atoms with van der Waals surface area (Å²) in [6, 6.07) is -0.382. The molecule has 0 aromatic carbocycles. The van der Waals surface area contributed by atoms with Crippen LogP contribution in [0, 0.1) is 0 Å². The van der Waals surface area contributed by atoms with E-state index in [2.05, 4.69) is 5.32 Å². The SMILES string of the molecule is CCCC(=O)N1CCCCC1C(=O)NCCCC(=O)O. The molecule has 114 valence electrons. The molecule has 20 heavy (non-hydrogen) atoms. The van der Waals surface area contributed by atoms with Gasteiger partial charge in [-0.25, -0.2) is 0 Å². The minimum Gasteiger partial charge on any atom is -0.481 e. The zero-order valence-corrected chi connectivity index (χ0v) is 12.1. The number of nitrogens with zero attached hydrogens (tertiary/aromatic N) is 1. The first-order valence-corrected chi connectivity index (χ1v) is 7.35. The largest absolute Gasteiger partial charge is 0.481 e. The summed E-state index contributed by atoms with van der Waals surface area (Å²) in [5.74, 6) is -0.978. The van der Waals surface area contributed by atoms with Gasteiger partial charge in [0.1, 0.15) is 6.04 Å². The molecule has 0 aliphatic carbocycles. The summed E-state index contributed by atoms with van der Waals surface area (Å²) in [5, 5.41) is 11.3. The second-order valence-corrected chi connectivity index (χ2v) is 5.14. The molecule has 0 radical (unpaired) electrons. The maximum absolute atomic E-state index is 12.1. The quantitative estimate of drug-likeness (QED) is 0.687. The fourth-order valence-electron chi connectivity index (χ4n) is 2.43. The Morgan fingerprint density at radius 1 is 1.25 bits per heavy atom. The first-order valence-electron chi connectivity index (χ1n) is 7.35. The molecule has 0 spiro atoms. The number of carboxylic acids is 1. The molecule has 1 unspecified atom stereocenters. The fourth-order valence-corrected chi connectivity index (χ4v) is 2.43. The molecule has 0 aromatic rings. The Morgan fingerprint density at radius 3 is 2.65 bits per heavy atom. The molecule has 1 atom stereocenters. The highest BCUT2D eigenvalue weighted by Crippen LogP contribution is 2.18. The minimum atomic E-state index is -0.864. The number of nitrogens with one attached hydrogen (secondary N) is 1. The van der Waals surface area contributed by atoms with Crippen LogP contribution in [-0.4, -0.2) is 46.9 Å². The van der Waals surface area contributed by atoms with Crippen LogP contribution in [0.25, 0.3) is 0 Å². The highest BCUT2D eigenvalue weighted by atomic mass is 16.4. The van der Waals surface area contributed by atoms with Gasteiger partial charge in [0.05, 0.1) is 0 Å². The average Bonchev–Trinajstić information content (AvgIpc) is 2.43. The molecular weight excluding hydrogens is 260 g/mol. The first-order chi connectivity index (χ1) is 9.56. The van der Waals surface area contributed by atoms with E-state index in [0.29, 0.717) is 32.4 Å². The van der Waals surface area contributed by atoms with E-state index in [1.54, 1.807) is 4.90 Å². The third-order valence-electron chi connectivity index (χ3n) is 3.46. The highest BCUT2D eigenvalue weighted by Gasteiger charge is 2.31. The van der Waals surface area contributed by atoms with Crippen molar-refractivity contribution in [2.45, 2.75) is 57.9 Å². The molecule has 6 nitrogen and oxygen atoms in total. The van der Waals surface area contributed by atoms with Crippen molar-refractivity contribution in [2.24, 2.45) is 0 Å². The van der Waals surface area contributed by atoms with E-state index < -0.39 is 5.97 Å². The van der Waals surface area contributed by atoms with Crippen molar-refractivity contribution in [1.82, 2.24) is 10.2 Å². The monoisotopic (exact) mass is 284 g/mol. The molecule has 0 bridgehead atoms. The highest BCUT2D eigenvalue weighted by molar-refractivity contribution is 5.87. The number of hydrogen-bond donors (Lipinski definition) is 2. The summed E-state index contributed by atoms with van der Waals surface area (Å²) < 4.78 is 0. The number of rotatable bonds is 7. The predicted octanol–water partition coefficient (Wildman–Crippen LogP) is 1.15. The number of carbonyl (C=O) groups excluding carboxylic acids is 2. The second kappa shape index (κ2) is 8.55. The van der Waals surface area contributed by atoms with Gasteiger partial charge in [0.2, 0.25) is 11.8 Å². The Hall–Kier alpha value is -1.59. The van der Waals surface area contributed by atoms with E-state index in [-0.39, 0.29) is 24.3 Å². The van der Waals surface area contributed by atoms with Crippen molar-refractivity contribution in [2.75, 3.05) is 13.1 Å². The van der Waals surface area contributed by atoms with Crippen molar-refractivity contribution in [3.63, 3.8) is 0 Å². The minimum absolute atomic E-state index is 0.0397. The number of amides is 2. The number of likely N-dealkylation sites (tertiary alicyclic amines) is 1. The molecule has 0 saturated carbocycles. The van der Waals surface area contributed by atoms with Crippen LogP contribution in [0.4, 0.5) is 0 Å². The van der Waals surface area contributed by atoms with Gasteiger partial charge in [-0.15, -0.1) is 0 Å². The lowest BCUT2D eigenvalue weighted by atomic mass is 10.0. The summed E-state index contributed by atoms with van der Waals surface area (Å²) in [6.07, 6.45) is 4.30. The summed E-state index contributed by atoms with van der Waals surface area (Å²) >= 11 is 0. The number of carboxylic acid groups (broad SMARTS) is 1. The van der Waals surface area contributed by atoms with Gasteiger partial charge >= 0.3 is 5.97 Å². The Balaban J connectivity index is 2.45. The zero-order valence-electron chi connectivity index (χ0n) is 12.1. The van der Waals surface area contributed by atoms with Crippen LogP contribution < -0.4 is 5.32 Å². The molecule has 0 aromatic heterocycles. The van der Waals surface area contributed by atoms with Crippen molar-refractivity contribution >= 4 is 17.8 Å². The van der Waals surface area contributed by atoms with Crippen LogP contribution in [0.5, 0.6) is 0 Å². The van der Waals surface area contributed by atoms with Gasteiger partial charge in [-0.2, -0.15) is 0 Å². The van der Waals surface area contributed by atoms with Crippen molar-refractivity contribution < 1.29 is 19.5 Å². The number of hydrogen-bond acceptors (Lipinski definition) is 3. The molecule has 1 fully saturated rings. The first kappa shape index (κ1) is 16.5. The van der Waals surface area contributed by atoms with Gasteiger partial charge in [-0.1, -0.05) is 6.92 Å². The topological polar surface area (TPSA) is 86.7 Å². The van der Waals surface area contributed by atoms with Crippen LogP contribution in [0.1, 0.15) is 51.9 Å². The van der Waals surface area contributed by atoms with E-state index in [1.807, 2.05) is 6.92 Å². The van der Waals surface area contributed by atoms with E-state index >= 15 is 0 Å². The maximum atomic E-state index is 12.1. The summed E-state index contributed by atoms with van der Waals surface area (Å²) in [6.45, 7) is 2.94. The molecule has 2 N–H and O–H groups in total. The van der Waals surface area contributed by atoms with Crippen molar-refractivity contribution in [3.05, 3.63) is 0 Å².